The lowest BCUT2D eigenvalue weighted by molar-refractivity contribution is 0.103. The van der Waals surface area contributed by atoms with Gasteiger partial charge in [-0.25, -0.2) is 0 Å². The predicted molar refractivity (Wildman–Crippen MR) is 74.7 cm³/mol. The third kappa shape index (κ3) is 2.99. The largest absolute Gasteiger partial charge is 0.496 e. The highest BCUT2D eigenvalue weighted by atomic mass is 16.5. The molecule has 0 bridgehead atoms. The first-order valence-electron chi connectivity index (χ1n) is 6.38. The molecule has 2 aromatic rings. The summed E-state index contributed by atoms with van der Waals surface area (Å²) in [6, 6.07) is 9.19. The van der Waals surface area contributed by atoms with Gasteiger partial charge in [0, 0.05) is 18.0 Å². The van der Waals surface area contributed by atoms with Crippen LogP contribution in [0.25, 0.3) is 0 Å². The van der Waals surface area contributed by atoms with E-state index in [2.05, 4.69) is 11.9 Å². The SMILES string of the molecule is CCCc1ccc(C(=O)c2ccncc2)c(OC)c1. The number of carbonyl (C=O) groups is 1. The zero-order chi connectivity index (χ0) is 13.7. The Morgan fingerprint density at radius 3 is 2.58 bits per heavy atom. The van der Waals surface area contributed by atoms with Gasteiger partial charge in [0.2, 0.25) is 0 Å². The topological polar surface area (TPSA) is 39.2 Å². The first kappa shape index (κ1) is 13.3. The molecule has 0 saturated carbocycles. The molecule has 0 aliphatic carbocycles. The molecule has 0 amide bonds. The molecule has 0 unspecified atom stereocenters. The number of hydrogen-bond acceptors (Lipinski definition) is 3. The van der Waals surface area contributed by atoms with Crippen LogP contribution in [0.2, 0.25) is 0 Å². The lowest BCUT2D eigenvalue weighted by Gasteiger charge is -2.09. The molecular weight excluding hydrogens is 238 g/mol. The van der Waals surface area contributed by atoms with Crippen LogP contribution in [0.1, 0.15) is 34.8 Å². The van der Waals surface area contributed by atoms with Crippen molar-refractivity contribution in [1.29, 1.82) is 0 Å². The van der Waals surface area contributed by atoms with Crippen molar-refractivity contribution in [3.63, 3.8) is 0 Å². The first-order chi connectivity index (χ1) is 9.26. The van der Waals surface area contributed by atoms with Crippen LogP contribution in [0.4, 0.5) is 0 Å². The minimum absolute atomic E-state index is 0.0395. The summed E-state index contributed by atoms with van der Waals surface area (Å²) >= 11 is 0. The Hall–Kier alpha value is -2.16. The van der Waals surface area contributed by atoms with E-state index in [9.17, 15) is 4.79 Å². The molecule has 0 atom stereocenters. The quantitative estimate of drug-likeness (QED) is 0.770. The average molecular weight is 255 g/mol. The summed E-state index contributed by atoms with van der Waals surface area (Å²) in [5, 5.41) is 0. The van der Waals surface area contributed by atoms with E-state index in [1.54, 1.807) is 31.6 Å². The van der Waals surface area contributed by atoms with Gasteiger partial charge < -0.3 is 4.74 Å². The fourth-order valence-electron chi connectivity index (χ4n) is 2.03. The fourth-order valence-corrected chi connectivity index (χ4v) is 2.03. The van der Waals surface area contributed by atoms with E-state index in [0.717, 1.165) is 12.8 Å². The Morgan fingerprint density at radius 2 is 1.95 bits per heavy atom. The second kappa shape index (κ2) is 6.14. The van der Waals surface area contributed by atoms with Gasteiger partial charge in [-0.2, -0.15) is 0 Å². The van der Waals surface area contributed by atoms with Crippen molar-refractivity contribution < 1.29 is 9.53 Å². The Morgan fingerprint density at radius 1 is 1.21 bits per heavy atom. The van der Waals surface area contributed by atoms with E-state index in [1.165, 1.54) is 5.56 Å². The Kier molecular flexibility index (Phi) is 4.29. The molecule has 0 saturated heterocycles. The van der Waals surface area contributed by atoms with E-state index in [0.29, 0.717) is 16.9 Å². The van der Waals surface area contributed by atoms with Gasteiger partial charge in [0.1, 0.15) is 5.75 Å². The van der Waals surface area contributed by atoms with Crippen molar-refractivity contribution in [1.82, 2.24) is 4.98 Å². The maximum Gasteiger partial charge on any atom is 0.196 e. The van der Waals surface area contributed by atoms with Crippen molar-refractivity contribution in [2.45, 2.75) is 19.8 Å². The van der Waals surface area contributed by atoms with Crippen LogP contribution in [-0.2, 0) is 6.42 Å². The Bertz CT molecular complexity index is 564. The normalized spacial score (nSPS) is 10.2. The molecular formula is C16H17NO2. The molecule has 3 heteroatoms. The zero-order valence-electron chi connectivity index (χ0n) is 11.2. The van der Waals surface area contributed by atoms with Crippen LogP contribution < -0.4 is 4.74 Å². The van der Waals surface area contributed by atoms with Crippen LogP contribution in [0.5, 0.6) is 5.75 Å². The lowest BCUT2D eigenvalue weighted by atomic mass is 10.0. The second-order valence-corrected chi connectivity index (χ2v) is 4.35. The number of methoxy groups -OCH3 is 1. The van der Waals surface area contributed by atoms with Gasteiger partial charge in [-0.15, -0.1) is 0 Å². The minimum atomic E-state index is -0.0395. The number of hydrogen-bond donors (Lipinski definition) is 0. The molecule has 98 valence electrons. The monoisotopic (exact) mass is 255 g/mol. The van der Waals surface area contributed by atoms with Crippen molar-refractivity contribution >= 4 is 5.78 Å². The smallest absolute Gasteiger partial charge is 0.196 e. The van der Waals surface area contributed by atoms with Gasteiger partial charge in [0.25, 0.3) is 0 Å². The van der Waals surface area contributed by atoms with Gasteiger partial charge in [0.15, 0.2) is 5.78 Å². The van der Waals surface area contributed by atoms with Crippen molar-refractivity contribution in [2.24, 2.45) is 0 Å². The second-order valence-electron chi connectivity index (χ2n) is 4.35. The number of rotatable bonds is 5. The number of carbonyl (C=O) groups excluding carboxylic acids is 1. The molecule has 0 aliphatic heterocycles. The van der Waals surface area contributed by atoms with Crippen molar-refractivity contribution in [3.8, 4) is 5.75 Å². The molecule has 1 aromatic carbocycles. The molecule has 0 fully saturated rings. The van der Waals surface area contributed by atoms with E-state index in [1.807, 2.05) is 18.2 Å². The minimum Gasteiger partial charge on any atom is -0.496 e. The summed E-state index contributed by atoms with van der Waals surface area (Å²) in [5.74, 6) is 0.593. The molecule has 0 N–H and O–H groups in total. The molecule has 2 rings (SSSR count). The Balaban J connectivity index is 2.37. The first-order valence-corrected chi connectivity index (χ1v) is 6.38. The fraction of sp³-hybridized carbons (Fsp3) is 0.250. The third-order valence-electron chi connectivity index (χ3n) is 2.99. The number of pyridine rings is 1. The summed E-state index contributed by atoms with van der Waals surface area (Å²) in [7, 11) is 1.59. The van der Waals surface area contributed by atoms with Crippen molar-refractivity contribution in [3.05, 3.63) is 59.4 Å². The number of ketones is 1. The number of aromatic nitrogens is 1. The summed E-state index contributed by atoms with van der Waals surface area (Å²) in [4.78, 5) is 16.3. The summed E-state index contributed by atoms with van der Waals surface area (Å²) in [6.07, 6.45) is 5.29. The van der Waals surface area contributed by atoms with Gasteiger partial charge in [-0.05, 0) is 36.2 Å². The highest BCUT2D eigenvalue weighted by Crippen LogP contribution is 2.23. The molecule has 1 aromatic heterocycles. The number of nitrogens with zero attached hydrogens (tertiary/aromatic N) is 1. The molecule has 3 nitrogen and oxygen atoms in total. The molecule has 0 aliphatic rings. The average Bonchev–Trinajstić information content (AvgIpc) is 2.47. The molecule has 0 spiro atoms. The maximum absolute atomic E-state index is 12.4. The van der Waals surface area contributed by atoms with Crippen LogP contribution in [0.15, 0.2) is 42.7 Å². The summed E-state index contributed by atoms with van der Waals surface area (Å²) in [6.45, 7) is 2.13. The van der Waals surface area contributed by atoms with Gasteiger partial charge in [-0.1, -0.05) is 19.4 Å². The molecule has 1 heterocycles. The number of aryl methyl sites for hydroxylation is 1. The van der Waals surface area contributed by atoms with Crippen LogP contribution in [-0.4, -0.2) is 17.9 Å². The molecule has 0 radical (unpaired) electrons. The van der Waals surface area contributed by atoms with Gasteiger partial charge >= 0.3 is 0 Å². The highest BCUT2D eigenvalue weighted by molar-refractivity contribution is 6.10. The number of benzene rings is 1. The van der Waals surface area contributed by atoms with Crippen LogP contribution in [0, 0.1) is 0 Å². The molecule has 19 heavy (non-hydrogen) atoms. The predicted octanol–water partition coefficient (Wildman–Crippen LogP) is 3.27. The van der Waals surface area contributed by atoms with Crippen LogP contribution >= 0.6 is 0 Å². The van der Waals surface area contributed by atoms with E-state index < -0.39 is 0 Å². The van der Waals surface area contributed by atoms with Gasteiger partial charge in [-0.3, -0.25) is 9.78 Å². The maximum atomic E-state index is 12.4. The van der Waals surface area contributed by atoms with Crippen LogP contribution in [0.3, 0.4) is 0 Å². The number of ether oxygens (including phenoxy) is 1. The van der Waals surface area contributed by atoms with E-state index in [-0.39, 0.29) is 5.78 Å². The third-order valence-corrected chi connectivity index (χ3v) is 2.99. The summed E-state index contributed by atoms with van der Waals surface area (Å²) in [5.41, 5.74) is 2.40. The lowest BCUT2D eigenvalue weighted by Crippen LogP contribution is -2.04. The Labute approximate surface area is 113 Å². The summed E-state index contributed by atoms with van der Waals surface area (Å²) < 4.78 is 5.34. The zero-order valence-corrected chi connectivity index (χ0v) is 11.2. The standard InChI is InChI=1S/C16H17NO2/c1-3-4-12-5-6-14(15(11-12)19-2)16(18)13-7-9-17-10-8-13/h5-11H,3-4H2,1-2H3. The highest BCUT2D eigenvalue weighted by Gasteiger charge is 2.14. The van der Waals surface area contributed by atoms with Crippen molar-refractivity contribution in [2.75, 3.05) is 7.11 Å². The van der Waals surface area contributed by atoms with E-state index >= 15 is 0 Å². The van der Waals surface area contributed by atoms with E-state index in [4.69, 9.17) is 4.74 Å². The van der Waals surface area contributed by atoms with Gasteiger partial charge in [0.05, 0.1) is 12.7 Å².